The lowest BCUT2D eigenvalue weighted by Gasteiger charge is -2.20. The molecule has 1 aromatic carbocycles. The summed E-state index contributed by atoms with van der Waals surface area (Å²) >= 11 is 0. The Hall–Kier alpha value is -3.75. The van der Waals surface area contributed by atoms with E-state index >= 15 is 0 Å². The lowest BCUT2D eigenvalue weighted by molar-refractivity contribution is -0.140. The number of hydrogen-bond acceptors (Lipinski definition) is 8. The molecule has 30 heavy (non-hydrogen) atoms. The van der Waals surface area contributed by atoms with Gasteiger partial charge in [0.2, 0.25) is 11.6 Å². The van der Waals surface area contributed by atoms with Crippen molar-refractivity contribution in [1.29, 1.82) is 0 Å². The van der Waals surface area contributed by atoms with Crippen molar-refractivity contribution < 1.29 is 29.2 Å². The number of esters is 1. The quantitative estimate of drug-likeness (QED) is 0.589. The average Bonchev–Trinajstić information content (AvgIpc) is 2.73. The summed E-state index contributed by atoms with van der Waals surface area (Å²) in [6.07, 6.45) is 1.34. The van der Waals surface area contributed by atoms with Gasteiger partial charge in [0, 0.05) is 12.1 Å². The number of ether oxygens (including phenoxy) is 3. The fourth-order valence-electron chi connectivity index (χ4n) is 3.30. The van der Waals surface area contributed by atoms with Crippen LogP contribution in [-0.2, 0) is 9.53 Å². The van der Waals surface area contributed by atoms with Gasteiger partial charge in [-0.1, -0.05) is 6.07 Å². The average molecular weight is 414 g/mol. The molecule has 0 saturated carbocycles. The van der Waals surface area contributed by atoms with E-state index in [0.29, 0.717) is 5.56 Å². The van der Waals surface area contributed by atoms with E-state index in [9.17, 15) is 19.8 Å². The number of phenols is 1. The molecular weight excluding hydrogens is 392 g/mol. The Morgan fingerprint density at radius 1 is 1.13 bits per heavy atom. The zero-order valence-electron chi connectivity index (χ0n) is 17.0. The molecule has 0 bridgehead atoms. The minimum Gasteiger partial charge on any atom is -0.502 e. The van der Waals surface area contributed by atoms with Crippen LogP contribution in [0.3, 0.4) is 0 Å². The second-order valence-electron chi connectivity index (χ2n) is 6.70. The molecule has 3 aromatic rings. The van der Waals surface area contributed by atoms with Crippen molar-refractivity contribution in [2.24, 2.45) is 0 Å². The number of nitrogens with zero attached hydrogens (tertiary/aromatic N) is 2. The zero-order valence-corrected chi connectivity index (χ0v) is 17.0. The van der Waals surface area contributed by atoms with Gasteiger partial charge in [-0.15, -0.1) is 0 Å². The first-order valence-electron chi connectivity index (χ1n) is 9.04. The highest BCUT2D eigenvalue weighted by Gasteiger charge is 2.29. The van der Waals surface area contributed by atoms with Crippen molar-refractivity contribution in [3.63, 3.8) is 0 Å². The number of fused-ring (bicyclic) bond motifs is 1. The van der Waals surface area contributed by atoms with Crippen LogP contribution in [-0.4, -0.2) is 46.9 Å². The number of aromatic hydroxyl groups is 2. The molecular formula is C21H22N2O7. The van der Waals surface area contributed by atoms with Crippen LogP contribution in [0.5, 0.6) is 23.1 Å². The van der Waals surface area contributed by atoms with Gasteiger partial charge in [0.1, 0.15) is 5.65 Å². The number of methoxy groups -OCH3 is 3. The third-order valence-electron chi connectivity index (χ3n) is 4.84. The van der Waals surface area contributed by atoms with Gasteiger partial charge in [0.25, 0.3) is 5.56 Å². The molecule has 9 nitrogen and oxygen atoms in total. The normalized spacial score (nSPS) is 11.9. The summed E-state index contributed by atoms with van der Waals surface area (Å²) in [6.45, 7) is 1.82. The minimum atomic E-state index is -0.932. The lowest BCUT2D eigenvalue weighted by Crippen LogP contribution is -2.24. The highest BCUT2D eigenvalue weighted by Crippen LogP contribution is 2.42. The summed E-state index contributed by atoms with van der Waals surface area (Å²) in [7, 11) is 3.95. The number of pyridine rings is 1. The first kappa shape index (κ1) is 21.0. The van der Waals surface area contributed by atoms with Crippen molar-refractivity contribution in [3.05, 3.63) is 57.5 Å². The summed E-state index contributed by atoms with van der Waals surface area (Å²) in [5, 5.41) is 20.8. The van der Waals surface area contributed by atoms with E-state index in [1.54, 1.807) is 18.3 Å². The first-order valence-corrected chi connectivity index (χ1v) is 9.04. The van der Waals surface area contributed by atoms with Gasteiger partial charge < -0.3 is 24.4 Å². The van der Waals surface area contributed by atoms with Crippen LogP contribution >= 0.6 is 0 Å². The summed E-state index contributed by atoms with van der Waals surface area (Å²) in [6, 6.07) is 6.32. The molecule has 0 saturated heterocycles. The highest BCUT2D eigenvalue weighted by atomic mass is 16.5. The van der Waals surface area contributed by atoms with Crippen molar-refractivity contribution in [2.75, 3.05) is 21.3 Å². The maximum absolute atomic E-state index is 13.3. The number of aryl methyl sites for hydroxylation is 1. The molecule has 3 rings (SSSR count). The molecule has 9 heteroatoms. The van der Waals surface area contributed by atoms with Gasteiger partial charge in [-0.05, 0) is 36.2 Å². The summed E-state index contributed by atoms with van der Waals surface area (Å²) in [4.78, 5) is 29.5. The third-order valence-corrected chi connectivity index (χ3v) is 4.84. The van der Waals surface area contributed by atoms with Crippen LogP contribution < -0.4 is 15.0 Å². The molecule has 0 spiro atoms. The van der Waals surface area contributed by atoms with E-state index in [1.807, 2.05) is 6.92 Å². The molecule has 2 N–H and O–H groups in total. The lowest BCUT2D eigenvalue weighted by atomic mass is 9.89. The summed E-state index contributed by atoms with van der Waals surface area (Å²) in [5.41, 5.74) is 0.873. The number of benzene rings is 1. The van der Waals surface area contributed by atoms with E-state index in [1.165, 1.54) is 37.9 Å². The molecule has 0 fully saturated rings. The van der Waals surface area contributed by atoms with Crippen LogP contribution in [0.2, 0.25) is 0 Å². The standard InChI is InChI=1S/C21H22N2O7/c1-11-5-6-16-22-20(26)18(21(27)23(16)10-11)13(9-17(24)30-4)12-7-14(28-2)19(25)15(8-12)29-3/h5-8,10,13,25-26H,9H2,1-4H3. The zero-order chi connectivity index (χ0) is 22.0. The number of hydrogen-bond donors (Lipinski definition) is 2. The molecule has 1 unspecified atom stereocenters. The molecule has 0 amide bonds. The second-order valence-corrected chi connectivity index (χ2v) is 6.70. The highest BCUT2D eigenvalue weighted by molar-refractivity contribution is 5.72. The predicted octanol–water partition coefficient (Wildman–Crippen LogP) is 2.13. The molecule has 158 valence electrons. The number of carbonyl (C=O) groups excluding carboxylic acids is 1. The summed E-state index contributed by atoms with van der Waals surface area (Å²) in [5.74, 6) is -2.08. The predicted molar refractivity (Wildman–Crippen MR) is 108 cm³/mol. The van der Waals surface area contributed by atoms with Crippen LogP contribution in [0.1, 0.15) is 29.0 Å². The molecule has 2 heterocycles. The molecule has 2 aromatic heterocycles. The Kier molecular flexibility index (Phi) is 5.81. The van der Waals surface area contributed by atoms with Crippen LogP contribution in [0.25, 0.3) is 5.65 Å². The van der Waals surface area contributed by atoms with Crippen LogP contribution in [0.4, 0.5) is 0 Å². The van der Waals surface area contributed by atoms with E-state index in [2.05, 4.69) is 4.98 Å². The maximum Gasteiger partial charge on any atom is 0.306 e. The molecule has 0 radical (unpaired) electrons. The van der Waals surface area contributed by atoms with Crippen molar-refractivity contribution in [1.82, 2.24) is 9.38 Å². The van der Waals surface area contributed by atoms with E-state index in [-0.39, 0.29) is 34.9 Å². The Labute approximate surface area is 172 Å². The smallest absolute Gasteiger partial charge is 0.306 e. The van der Waals surface area contributed by atoms with Gasteiger partial charge in [-0.3, -0.25) is 14.0 Å². The third kappa shape index (κ3) is 3.73. The number of aromatic nitrogens is 2. The van der Waals surface area contributed by atoms with E-state index in [4.69, 9.17) is 14.2 Å². The largest absolute Gasteiger partial charge is 0.502 e. The molecule has 0 aliphatic rings. The number of phenolic OH excluding ortho intramolecular Hbond substituents is 1. The van der Waals surface area contributed by atoms with Gasteiger partial charge in [0.05, 0.1) is 33.3 Å². The number of carbonyl (C=O) groups is 1. The fraction of sp³-hybridized carbons (Fsp3) is 0.286. The Morgan fingerprint density at radius 2 is 1.77 bits per heavy atom. The van der Waals surface area contributed by atoms with Gasteiger partial charge >= 0.3 is 5.97 Å². The maximum atomic E-state index is 13.3. The summed E-state index contributed by atoms with van der Waals surface area (Å²) < 4.78 is 16.5. The second kappa shape index (κ2) is 8.32. The SMILES string of the molecule is COC(=O)CC(c1cc(OC)c(O)c(OC)c1)c1c(O)nc2ccc(C)cn2c1=O. The van der Waals surface area contributed by atoms with Crippen molar-refractivity contribution >= 4 is 11.6 Å². The number of rotatable bonds is 6. The van der Waals surface area contributed by atoms with Crippen molar-refractivity contribution in [2.45, 2.75) is 19.3 Å². The van der Waals surface area contributed by atoms with Gasteiger partial charge in [0.15, 0.2) is 11.5 Å². The Balaban J connectivity index is 2.31. The van der Waals surface area contributed by atoms with Crippen LogP contribution in [0, 0.1) is 6.92 Å². The van der Waals surface area contributed by atoms with E-state index < -0.39 is 23.3 Å². The van der Waals surface area contributed by atoms with Gasteiger partial charge in [-0.2, -0.15) is 4.98 Å². The van der Waals surface area contributed by atoms with Crippen LogP contribution in [0.15, 0.2) is 35.3 Å². The first-order chi connectivity index (χ1) is 14.3. The minimum absolute atomic E-state index is 0.0849. The molecule has 1 atom stereocenters. The van der Waals surface area contributed by atoms with Crippen molar-refractivity contribution in [3.8, 4) is 23.1 Å². The molecule has 0 aliphatic heterocycles. The Morgan fingerprint density at radius 3 is 2.33 bits per heavy atom. The van der Waals surface area contributed by atoms with Gasteiger partial charge in [-0.25, -0.2) is 0 Å². The molecule has 0 aliphatic carbocycles. The fourth-order valence-corrected chi connectivity index (χ4v) is 3.30. The Bertz CT molecular complexity index is 1140. The topological polar surface area (TPSA) is 120 Å². The monoisotopic (exact) mass is 414 g/mol. The van der Waals surface area contributed by atoms with E-state index in [0.717, 1.165) is 5.56 Å².